The lowest BCUT2D eigenvalue weighted by Gasteiger charge is -2.20. The molecule has 1 aliphatic carbocycles. The number of hydrogen-bond acceptors (Lipinski definition) is 3. The molecule has 1 amide bonds. The summed E-state index contributed by atoms with van der Waals surface area (Å²) < 4.78 is 16.3. The van der Waals surface area contributed by atoms with Crippen LogP contribution in [0, 0.1) is 24.6 Å². The van der Waals surface area contributed by atoms with Crippen molar-refractivity contribution in [3.8, 4) is 5.69 Å². The number of carbonyl (C=O) groups excluding carboxylic acids is 1. The van der Waals surface area contributed by atoms with E-state index in [4.69, 9.17) is 0 Å². The van der Waals surface area contributed by atoms with Gasteiger partial charge in [0, 0.05) is 24.3 Å². The zero-order chi connectivity index (χ0) is 19.3. The lowest BCUT2D eigenvalue weighted by molar-refractivity contribution is 0.0751. The van der Waals surface area contributed by atoms with Gasteiger partial charge < -0.3 is 10.2 Å². The Balaban J connectivity index is 1.46. The fraction of sp³-hybridized carbons (Fsp3) is 0.545. The summed E-state index contributed by atoms with van der Waals surface area (Å²) in [6.07, 6.45) is 4.81. The highest BCUT2D eigenvalue weighted by atomic mass is 19.1. The Morgan fingerprint density at radius 3 is 2.64 bits per heavy atom. The molecule has 2 fully saturated rings. The van der Waals surface area contributed by atoms with Crippen molar-refractivity contribution >= 4 is 5.91 Å². The molecule has 1 aromatic heterocycles. The van der Waals surface area contributed by atoms with Gasteiger partial charge in [0.2, 0.25) is 0 Å². The molecule has 0 unspecified atom stereocenters. The van der Waals surface area contributed by atoms with Crippen molar-refractivity contribution < 1.29 is 9.18 Å². The number of nitrogens with one attached hydrogen (secondary N) is 1. The smallest absolute Gasteiger partial charge is 0.274 e. The van der Waals surface area contributed by atoms with E-state index in [1.807, 2.05) is 17.9 Å². The van der Waals surface area contributed by atoms with Crippen LogP contribution in [0.3, 0.4) is 0 Å². The number of fused-ring (bicyclic) bond motifs is 2. The average molecular weight is 382 g/mol. The van der Waals surface area contributed by atoms with Crippen LogP contribution in [0.25, 0.3) is 5.69 Å². The molecular weight excluding hydrogens is 355 g/mol. The molecule has 6 heteroatoms. The highest BCUT2D eigenvalue weighted by Gasteiger charge is 2.34. The SMILES string of the molecule is Cc1ccc(-n2nc(C(=O)N3CC[C@@H]4CNC[C@@H]4CC3)c3c2CCC3)c(F)c1. The number of benzene rings is 1. The Morgan fingerprint density at radius 1 is 1.18 bits per heavy atom. The maximum Gasteiger partial charge on any atom is 0.274 e. The van der Waals surface area contributed by atoms with Crippen molar-refractivity contribution in [1.29, 1.82) is 0 Å². The molecule has 2 aliphatic heterocycles. The molecule has 1 N–H and O–H groups in total. The number of likely N-dealkylation sites (tertiary alicyclic amines) is 1. The van der Waals surface area contributed by atoms with Gasteiger partial charge in [0.15, 0.2) is 5.69 Å². The van der Waals surface area contributed by atoms with Gasteiger partial charge in [-0.3, -0.25) is 4.79 Å². The Kier molecular flexibility index (Phi) is 4.46. The zero-order valence-electron chi connectivity index (χ0n) is 16.4. The van der Waals surface area contributed by atoms with Crippen molar-refractivity contribution in [1.82, 2.24) is 20.0 Å². The van der Waals surface area contributed by atoms with Crippen LogP contribution in [-0.2, 0) is 12.8 Å². The van der Waals surface area contributed by atoms with Crippen molar-refractivity contribution in [3.63, 3.8) is 0 Å². The molecule has 5 rings (SSSR count). The number of carbonyl (C=O) groups is 1. The van der Waals surface area contributed by atoms with E-state index in [1.54, 1.807) is 10.7 Å². The second-order valence-corrected chi connectivity index (χ2v) is 8.54. The third-order valence-corrected chi connectivity index (χ3v) is 6.77. The standard InChI is InChI=1S/C22H27FN4O/c1-14-5-6-20(18(23)11-14)27-19-4-2-3-17(19)21(25-27)22(28)26-9-7-15-12-24-13-16(15)8-10-26/h5-6,11,15-16,24H,2-4,7-10,12-13H2,1H3/t15-,16+. The fourth-order valence-electron chi connectivity index (χ4n) is 5.16. The van der Waals surface area contributed by atoms with E-state index >= 15 is 0 Å². The second kappa shape index (κ2) is 6.99. The Labute approximate surface area is 164 Å². The molecule has 3 aliphatic rings. The molecule has 148 valence electrons. The van der Waals surface area contributed by atoms with E-state index < -0.39 is 0 Å². The predicted molar refractivity (Wildman–Crippen MR) is 105 cm³/mol. The molecule has 5 nitrogen and oxygen atoms in total. The van der Waals surface area contributed by atoms with Crippen LogP contribution in [0.1, 0.15) is 46.6 Å². The lowest BCUT2D eigenvalue weighted by atomic mass is 9.92. The molecule has 2 aromatic rings. The van der Waals surface area contributed by atoms with Crippen molar-refractivity contribution in [3.05, 3.63) is 46.5 Å². The topological polar surface area (TPSA) is 50.2 Å². The molecule has 28 heavy (non-hydrogen) atoms. The monoisotopic (exact) mass is 382 g/mol. The maximum absolute atomic E-state index is 14.6. The first-order chi connectivity index (χ1) is 13.6. The van der Waals surface area contributed by atoms with Gasteiger partial charge in [-0.25, -0.2) is 9.07 Å². The number of aryl methyl sites for hydroxylation is 1. The number of aromatic nitrogens is 2. The Morgan fingerprint density at radius 2 is 1.93 bits per heavy atom. The van der Waals surface area contributed by atoms with Gasteiger partial charge in [-0.2, -0.15) is 5.10 Å². The molecule has 3 heterocycles. The van der Waals surface area contributed by atoms with Gasteiger partial charge in [0.25, 0.3) is 5.91 Å². The second-order valence-electron chi connectivity index (χ2n) is 8.54. The van der Waals surface area contributed by atoms with Gasteiger partial charge in [0.1, 0.15) is 11.5 Å². The summed E-state index contributed by atoms with van der Waals surface area (Å²) in [7, 11) is 0. The van der Waals surface area contributed by atoms with Crippen LogP contribution in [0.2, 0.25) is 0 Å². The quantitative estimate of drug-likeness (QED) is 0.869. The van der Waals surface area contributed by atoms with Gasteiger partial charge in [0.05, 0.1) is 0 Å². The van der Waals surface area contributed by atoms with E-state index in [1.165, 1.54) is 6.07 Å². The normalized spacial score (nSPS) is 24.1. The third kappa shape index (κ3) is 2.94. The summed E-state index contributed by atoms with van der Waals surface area (Å²) in [5.74, 6) is 1.11. The van der Waals surface area contributed by atoms with E-state index in [-0.39, 0.29) is 11.7 Å². The summed E-state index contributed by atoms with van der Waals surface area (Å²) in [5, 5.41) is 8.12. The van der Waals surface area contributed by atoms with Crippen molar-refractivity contribution in [2.24, 2.45) is 11.8 Å². The Hall–Kier alpha value is -2.21. The number of nitrogens with zero attached hydrogens (tertiary/aromatic N) is 3. The molecule has 1 aromatic carbocycles. The minimum atomic E-state index is -0.286. The number of halogens is 1. The van der Waals surface area contributed by atoms with Crippen LogP contribution in [0.4, 0.5) is 4.39 Å². The number of rotatable bonds is 2. The summed E-state index contributed by atoms with van der Waals surface area (Å²) in [4.78, 5) is 15.3. The van der Waals surface area contributed by atoms with Crippen LogP contribution < -0.4 is 5.32 Å². The summed E-state index contributed by atoms with van der Waals surface area (Å²) >= 11 is 0. The molecular formula is C22H27FN4O. The zero-order valence-corrected chi connectivity index (χ0v) is 16.4. The summed E-state index contributed by atoms with van der Waals surface area (Å²) in [6, 6.07) is 5.19. The molecule has 0 saturated carbocycles. The highest BCUT2D eigenvalue weighted by molar-refractivity contribution is 5.94. The molecule has 0 radical (unpaired) electrons. The minimum absolute atomic E-state index is 0.0253. The van der Waals surface area contributed by atoms with Crippen LogP contribution in [0.5, 0.6) is 0 Å². The number of hydrogen-bond donors (Lipinski definition) is 1. The van der Waals surface area contributed by atoms with E-state index in [0.29, 0.717) is 23.2 Å². The first-order valence-electron chi connectivity index (χ1n) is 10.5. The molecule has 2 saturated heterocycles. The maximum atomic E-state index is 14.6. The summed E-state index contributed by atoms with van der Waals surface area (Å²) in [6.45, 7) is 5.61. The van der Waals surface area contributed by atoms with Crippen LogP contribution >= 0.6 is 0 Å². The van der Waals surface area contributed by atoms with E-state index in [0.717, 1.165) is 75.1 Å². The van der Waals surface area contributed by atoms with Gasteiger partial charge in [-0.15, -0.1) is 0 Å². The van der Waals surface area contributed by atoms with Crippen LogP contribution in [0.15, 0.2) is 18.2 Å². The Bertz CT molecular complexity index is 908. The van der Waals surface area contributed by atoms with Gasteiger partial charge >= 0.3 is 0 Å². The predicted octanol–water partition coefficient (Wildman–Crippen LogP) is 2.88. The molecule has 2 atom stereocenters. The number of amides is 1. The summed E-state index contributed by atoms with van der Waals surface area (Å²) in [5.41, 5.74) is 3.89. The fourth-order valence-corrected chi connectivity index (χ4v) is 5.16. The van der Waals surface area contributed by atoms with Crippen molar-refractivity contribution in [2.75, 3.05) is 26.2 Å². The van der Waals surface area contributed by atoms with E-state index in [9.17, 15) is 9.18 Å². The van der Waals surface area contributed by atoms with Crippen LogP contribution in [-0.4, -0.2) is 46.8 Å². The third-order valence-electron chi connectivity index (χ3n) is 6.77. The molecule has 0 bridgehead atoms. The lowest BCUT2D eigenvalue weighted by Crippen LogP contribution is -2.33. The first-order valence-corrected chi connectivity index (χ1v) is 10.5. The average Bonchev–Trinajstić information content (AvgIpc) is 3.36. The van der Waals surface area contributed by atoms with Gasteiger partial charge in [-0.05, 0) is 81.6 Å². The van der Waals surface area contributed by atoms with Gasteiger partial charge in [-0.1, -0.05) is 6.07 Å². The molecule has 0 spiro atoms. The minimum Gasteiger partial charge on any atom is -0.337 e. The van der Waals surface area contributed by atoms with E-state index in [2.05, 4.69) is 10.4 Å². The van der Waals surface area contributed by atoms with Crippen molar-refractivity contribution in [2.45, 2.75) is 39.0 Å². The first kappa shape index (κ1) is 17.9. The largest absolute Gasteiger partial charge is 0.337 e. The highest BCUT2D eigenvalue weighted by Crippen LogP contribution is 2.31.